The van der Waals surface area contributed by atoms with Gasteiger partial charge in [-0.15, -0.1) is 0 Å². The van der Waals surface area contributed by atoms with E-state index >= 15 is 0 Å². The van der Waals surface area contributed by atoms with E-state index in [2.05, 4.69) is 15.4 Å². The van der Waals surface area contributed by atoms with Crippen LogP contribution in [-0.4, -0.2) is 44.7 Å². The molecule has 2 aromatic heterocycles. The highest BCUT2D eigenvalue weighted by atomic mass is 35.5. The Balaban J connectivity index is 1.62. The maximum atomic E-state index is 12.9. The monoisotopic (exact) mass is 417 g/mol. The zero-order valence-corrected chi connectivity index (χ0v) is 17.1. The summed E-state index contributed by atoms with van der Waals surface area (Å²) in [7, 11) is 1.89. The quantitative estimate of drug-likeness (QED) is 0.670. The van der Waals surface area contributed by atoms with Gasteiger partial charge in [0.1, 0.15) is 0 Å². The second-order valence-corrected chi connectivity index (χ2v) is 8.37. The average Bonchev–Trinajstić information content (AvgIpc) is 3.43. The highest BCUT2D eigenvalue weighted by molar-refractivity contribution is 6.45. The molecule has 0 unspecified atom stereocenters. The van der Waals surface area contributed by atoms with Gasteiger partial charge in [-0.1, -0.05) is 23.2 Å². The van der Waals surface area contributed by atoms with E-state index in [9.17, 15) is 4.79 Å². The molecule has 2 aliphatic rings. The third-order valence-electron chi connectivity index (χ3n) is 5.80. The van der Waals surface area contributed by atoms with E-state index in [0.717, 1.165) is 59.2 Å². The van der Waals surface area contributed by atoms with E-state index < -0.39 is 0 Å². The van der Waals surface area contributed by atoms with Crippen molar-refractivity contribution in [3.63, 3.8) is 0 Å². The fourth-order valence-corrected chi connectivity index (χ4v) is 4.80. The summed E-state index contributed by atoms with van der Waals surface area (Å²) in [5.41, 5.74) is 4.85. The Morgan fingerprint density at radius 2 is 2.21 bits per heavy atom. The Kier molecular flexibility index (Phi) is 4.38. The summed E-state index contributed by atoms with van der Waals surface area (Å²) in [6, 6.07) is 3.79. The lowest BCUT2D eigenvalue weighted by Gasteiger charge is -2.29. The maximum absolute atomic E-state index is 12.9. The number of aromatic amines is 1. The number of nitrogens with one attached hydrogen (secondary N) is 2. The summed E-state index contributed by atoms with van der Waals surface area (Å²) in [5.74, 6) is 0.192. The van der Waals surface area contributed by atoms with Crippen LogP contribution < -0.4 is 5.32 Å². The summed E-state index contributed by atoms with van der Waals surface area (Å²) in [4.78, 5) is 18.4. The van der Waals surface area contributed by atoms with Crippen LogP contribution in [0.25, 0.3) is 22.2 Å². The predicted molar refractivity (Wildman–Crippen MR) is 111 cm³/mol. The number of rotatable bonds is 2. The van der Waals surface area contributed by atoms with Crippen molar-refractivity contribution in [2.24, 2.45) is 7.05 Å². The number of carbonyl (C=O) groups excluding carboxylic acids is 1. The minimum atomic E-state index is -0.0555. The number of amides is 1. The van der Waals surface area contributed by atoms with Gasteiger partial charge in [0.15, 0.2) is 0 Å². The molecule has 1 saturated heterocycles. The van der Waals surface area contributed by atoms with E-state index in [1.807, 2.05) is 30.3 Å². The van der Waals surface area contributed by atoms with Crippen molar-refractivity contribution in [1.29, 1.82) is 0 Å². The van der Waals surface area contributed by atoms with Gasteiger partial charge in [-0.25, -0.2) is 0 Å². The van der Waals surface area contributed by atoms with Crippen molar-refractivity contribution >= 4 is 40.0 Å². The molecule has 0 radical (unpaired) electrons. The van der Waals surface area contributed by atoms with E-state index in [4.69, 9.17) is 23.2 Å². The minimum absolute atomic E-state index is 0.0555. The zero-order valence-electron chi connectivity index (χ0n) is 15.6. The first-order valence-electron chi connectivity index (χ1n) is 9.56. The van der Waals surface area contributed by atoms with Gasteiger partial charge in [0.2, 0.25) is 5.91 Å². The molecular formula is C20H21Cl2N5O. The molecule has 0 spiro atoms. The van der Waals surface area contributed by atoms with Crippen molar-refractivity contribution in [3.8, 4) is 11.3 Å². The Morgan fingerprint density at radius 3 is 2.93 bits per heavy atom. The molecule has 0 aliphatic carbocycles. The molecule has 2 N–H and O–H groups in total. The number of nitrogens with zero attached hydrogens (tertiary/aromatic N) is 3. The van der Waals surface area contributed by atoms with Crippen LogP contribution in [0.4, 0.5) is 0 Å². The lowest BCUT2D eigenvalue weighted by atomic mass is 9.98. The van der Waals surface area contributed by atoms with Gasteiger partial charge in [-0.05, 0) is 31.5 Å². The van der Waals surface area contributed by atoms with Crippen LogP contribution in [0.15, 0.2) is 18.3 Å². The van der Waals surface area contributed by atoms with Crippen molar-refractivity contribution in [2.75, 3.05) is 13.1 Å². The van der Waals surface area contributed by atoms with Crippen LogP contribution in [0.2, 0.25) is 10.0 Å². The Labute approximate surface area is 172 Å². The summed E-state index contributed by atoms with van der Waals surface area (Å²) in [5, 5.41) is 9.90. The van der Waals surface area contributed by atoms with E-state index in [0.29, 0.717) is 23.1 Å². The highest BCUT2D eigenvalue weighted by Crippen LogP contribution is 2.41. The normalized spacial score (nSPS) is 19.4. The SMILES string of the molecule is Cn1ccc(-c2cc(Cl)c(Cl)c3[nH]c4c(c23)CN(C(=O)[C@@H]2CCCN2)CC4)n1. The van der Waals surface area contributed by atoms with Crippen molar-refractivity contribution in [1.82, 2.24) is 25.0 Å². The molecule has 28 heavy (non-hydrogen) atoms. The standard InChI is InChI=1S/C20H21Cl2N5O/c1-26-7-4-15(25-26)11-9-13(21)18(22)19-17(11)12-10-27(8-5-14(12)24-19)20(28)16-3-2-6-23-16/h4,7,9,16,23-24H,2-3,5-6,8,10H2,1H3/t16-/m0/s1. The molecule has 0 saturated carbocycles. The van der Waals surface area contributed by atoms with E-state index in [1.165, 1.54) is 0 Å². The minimum Gasteiger partial charge on any atom is -0.357 e. The lowest BCUT2D eigenvalue weighted by Crippen LogP contribution is -2.45. The molecule has 1 atom stereocenters. The predicted octanol–water partition coefficient (Wildman–Crippen LogP) is 3.51. The van der Waals surface area contributed by atoms with Crippen molar-refractivity contribution in [3.05, 3.63) is 39.6 Å². The second-order valence-electron chi connectivity index (χ2n) is 7.59. The van der Waals surface area contributed by atoms with E-state index in [1.54, 1.807) is 4.68 Å². The smallest absolute Gasteiger partial charge is 0.240 e. The Bertz CT molecular complexity index is 1080. The van der Waals surface area contributed by atoms with Gasteiger partial charge in [0.05, 0.1) is 27.3 Å². The number of fused-ring (bicyclic) bond motifs is 3. The molecule has 1 amide bonds. The molecule has 146 valence electrons. The van der Waals surface area contributed by atoms with Gasteiger partial charge in [0.25, 0.3) is 0 Å². The summed E-state index contributed by atoms with van der Waals surface area (Å²) in [6.45, 7) is 2.20. The first kappa shape index (κ1) is 18.0. The topological polar surface area (TPSA) is 66.0 Å². The van der Waals surface area contributed by atoms with Crippen LogP contribution in [0.5, 0.6) is 0 Å². The molecule has 4 heterocycles. The number of aryl methyl sites for hydroxylation is 1. The number of halogens is 2. The number of hydrogen-bond donors (Lipinski definition) is 2. The van der Waals surface area contributed by atoms with Crippen LogP contribution in [0, 0.1) is 0 Å². The molecule has 1 fully saturated rings. The molecule has 5 rings (SSSR count). The fourth-order valence-electron chi connectivity index (χ4n) is 4.40. The number of H-pyrrole nitrogens is 1. The Morgan fingerprint density at radius 1 is 1.36 bits per heavy atom. The van der Waals surface area contributed by atoms with Crippen LogP contribution in [0.3, 0.4) is 0 Å². The van der Waals surface area contributed by atoms with Crippen LogP contribution >= 0.6 is 23.2 Å². The van der Waals surface area contributed by atoms with Gasteiger partial charge in [-0.3, -0.25) is 9.48 Å². The molecular weight excluding hydrogens is 397 g/mol. The molecule has 8 heteroatoms. The molecule has 3 aromatic rings. The lowest BCUT2D eigenvalue weighted by molar-refractivity contribution is -0.134. The number of aromatic nitrogens is 3. The Hall–Kier alpha value is -2.02. The average molecular weight is 418 g/mol. The van der Waals surface area contributed by atoms with Gasteiger partial charge >= 0.3 is 0 Å². The first-order valence-corrected chi connectivity index (χ1v) is 10.3. The molecule has 1 aromatic carbocycles. The number of carbonyl (C=O) groups is 1. The third-order valence-corrected chi connectivity index (χ3v) is 6.59. The highest BCUT2D eigenvalue weighted by Gasteiger charge is 2.31. The third kappa shape index (κ3) is 2.82. The summed E-state index contributed by atoms with van der Waals surface area (Å²) < 4.78 is 1.77. The second kappa shape index (κ2) is 6.79. The summed E-state index contributed by atoms with van der Waals surface area (Å²) in [6.07, 6.45) is 4.65. The van der Waals surface area contributed by atoms with Crippen molar-refractivity contribution < 1.29 is 4.79 Å². The summed E-state index contributed by atoms with van der Waals surface area (Å²) >= 11 is 13.0. The largest absolute Gasteiger partial charge is 0.357 e. The number of hydrogen-bond acceptors (Lipinski definition) is 3. The number of benzene rings is 1. The van der Waals surface area contributed by atoms with Gasteiger partial charge in [-0.2, -0.15) is 5.10 Å². The van der Waals surface area contributed by atoms with Crippen LogP contribution in [-0.2, 0) is 24.8 Å². The fraction of sp³-hybridized carbons (Fsp3) is 0.400. The van der Waals surface area contributed by atoms with Gasteiger partial charge in [0, 0.05) is 55.0 Å². The maximum Gasteiger partial charge on any atom is 0.240 e. The molecule has 2 aliphatic heterocycles. The van der Waals surface area contributed by atoms with Gasteiger partial charge < -0.3 is 15.2 Å². The first-order chi connectivity index (χ1) is 13.5. The molecule has 0 bridgehead atoms. The zero-order chi connectivity index (χ0) is 19.4. The molecule has 6 nitrogen and oxygen atoms in total. The van der Waals surface area contributed by atoms with Crippen molar-refractivity contribution in [2.45, 2.75) is 31.8 Å². The van der Waals surface area contributed by atoms with E-state index in [-0.39, 0.29) is 11.9 Å². The van der Waals surface area contributed by atoms with Crippen LogP contribution in [0.1, 0.15) is 24.1 Å².